The van der Waals surface area contributed by atoms with Gasteiger partial charge in [-0.25, -0.2) is 0 Å². The van der Waals surface area contributed by atoms with Gasteiger partial charge in [-0.15, -0.1) is 0 Å². The minimum atomic E-state index is -0.211. The maximum Gasteiger partial charge on any atom is 0.308 e. The van der Waals surface area contributed by atoms with E-state index in [0.29, 0.717) is 26.2 Å². The summed E-state index contributed by atoms with van der Waals surface area (Å²) in [6, 6.07) is 0. The van der Waals surface area contributed by atoms with Crippen LogP contribution in [0.2, 0.25) is 0 Å². The fraction of sp³-hybridized carbons (Fsp3) is 0.826. The molecule has 0 aromatic rings. The number of carbonyl (C=O) groups excluding carboxylic acids is 3. The molecule has 0 fully saturated rings. The highest BCUT2D eigenvalue weighted by atomic mass is 16.5. The van der Waals surface area contributed by atoms with Crippen molar-refractivity contribution in [3.05, 3.63) is 6.92 Å². The molecule has 0 unspecified atom stereocenters. The van der Waals surface area contributed by atoms with E-state index in [1.807, 2.05) is 27.7 Å². The molecule has 0 rings (SSSR count). The Kier molecular flexibility index (Phi) is 45.2. The third-order valence-corrected chi connectivity index (χ3v) is 2.44. The average molecular weight is 438 g/mol. The maximum absolute atomic E-state index is 10.5. The molecule has 0 saturated heterocycles. The Morgan fingerprint density at radius 3 is 1.33 bits per heavy atom. The van der Waals surface area contributed by atoms with Crippen molar-refractivity contribution in [2.75, 3.05) is 26.4 Å². The molecular formula is C23H49O7. The van der Waals surface area contributed by atoms with Crippen LogP contribution in [-0.2, 0) is 28.6 Å². The van der Waals surface area contributed by atoms with E-state index in [9.17, 15) is 14.4 Å². The minimum absolute atomic E-state index is 0.00921. The third-order valence-electron chi connectivity index (χ3n) is 2.44. The fourth-order valence-electron chi connectivity index (χ4n) is 0.949. The Bertz CT molecular complexity index is 345. The second-order valence-corrected chi connectivity index (χ2v) is 6.39. The molecule has 0 heterocycles. The number of rotatable bonds is 7. The SMILES string of the molecule is CCCC(=O)OCC.CCO.CCOC(=O)C(C)C.CCOC(C)=O.[CH2]CC(C)C. The summed E-state index contributed by atoms with van der Waals surface area (Å²) in [5.74, 6) is 0.366. The molecule has 0 aliphatic rings. The summed E-state index contributed by atoms with van der Waals surface area (Å²) >= 11 is 0. The lowest BCUT2D eigenvalue weighted by molar-refractivity contribution is -0.147. The van der Waals surface area contributed by atoms with Crippen molar-refractivity contribution in [3.8, 4) is 0 Å². The Hall–Kier alpha value is -1.63. The van der Waals surface area contributed by atoms with Crippen molar-refractivity contribution in [2.45, 2.75) is 88.5 Å². The number of hydrogen-bond donors (Lipinski definition) is 1. The lowest BCUT2D eigenvalue weighted by atomic mass is 10.2. The van der Waals surface area contributed by atoms with Crippen LogP contribution < -0.4 is 0 Å². The summed E-state index contributed by atoms with van der Waals surface area (Å²) in [6.07, 6.45) is 2.48. The smallest absolute Gasteiger partial charge is 0.308 e. The van der Waals surface area contributed by atoms with Gasteiger partial charge in [0.1, 0.15) is 0 Å². The van der Waals surface area contributed by atoms with E-state index >= 15 is 0 Å². The number of esters is 3. The Labute approximate surface area is 185 Å². The van der Waals surface area contributed by atoms with E-state index in [0.717, 1.165) is 18.8 Å². The summed E-state index contributed by atoms with van der Waals surface area (Å²) in [6.45, 7) is 23.8. The van der Waals surface area contributed by atoms with E-state index in [1.165, 1.54) is 6.92 Å². The van der Waals surface area contributed by atoms with E-state index in [1.54, 1.807) is 20.8 Å². The average Bonchev–Trinajstić information content (AvgIpc) is 2.64. The summed E-state index contributed by atoms with van der Waals surface area (Å²) in [4.78, 5) is 30.8. The molecule has 183 valence electrons. The molecule has 1 radical (unpaired) electrons. The van der Waals surface area contributed by atoms with Crippen LogP contribution in [0, 0.1) is 18.8 Å². The topological polar surface area (TPSA) is 99.1 Å². The van der Waals surface area contributed by atoms with Crippen LogP contribution >= 0.6 is 0 Å². The first-order chi connectivity index (χ1) is 13.9. The molecule has 0 bridgehead atoms. The molecule has 1 N–H and O–H groups in total. The predicted octanol–water partition coefficient (Wildman–Crippen LogP) is 4.99. The summed E-state index contributed by atoms with van der Waals surface area (Å²) in [7, 11) is 0. The van der Waals surface area contributed by atoms with Crippen LogP contribution in [0.1, 0.15) is 88.5 Å². The summed E-state index contributed by atoms with van der Waals surface area (Å²) in [5, 5.41) is 7.57. The molecule has 0 atom stereocenters. The van der Waals surface area contributed by atoms with E-state index < -0.39 is 0 Å². The van der Waals surface area contributed by atoms with Crippen molar-refractivity contribution in [1.29, 1.82) is 0 Å². The van der Waals surface area contributed by atoms with Crippen LogP contribution in [0.4, 0.5) is 0 Å². The highest BCUT2D eigenvalue weighted by molar-refractivity contribution is 5.71. The molecular weight excluding hydrogens is 388 g/mol. The minimum Gasteiger partial charge on any atom is -0.466 e. The van der Waals surface area contributed by atoms with Gasteiger partial charge in [-0.3, -0.25) is 14.4 Å². The van der Waals surface area contributed by atoms with Gasteiger partial charge in [0.25, 0.3) is 0 Å². The van der Waals surface area contributed by atoms with E-state index in [2.05, 4.69) is 35.0 Å². The maximum atomic E-state index is 10.5. The summed E-state index contributed by atoms with van der Waals surface area (Å²) < 4.78 is 13.7. The van der Waals surface area contributed by atoms with Crippen molar-refractivity contribution in [2.24, 2.45) is 11.8 Å². The molecule has 30 heavy (non-hydrogen) atoms. The van der Waals surface area contributed by atoms with Crippen LogP contribution in [-0.4, -0.2) is 49.4 Å². The molecule has 0 amide bonds. The monoisotopic (exact) mass is 437 g/mol. The largest absolute Gasteiger partial charge is 0.466 e. The van der Waals surface area contributed by atoms with Crippen LogP contribution in [0.15, 0.2) is 0 Å². The lowest BCUT2D eigenvalue weighted by Crippen LogP contribution is -2.10. The highest BCUT2D eigenvalue weighted by Gasteiger charge is 2.04. The quantitative estimate of drug-likeness (QED) is 0.442. The van der Waals surface area contributed by atoms with Crippen LogP contribution in [0.25, 0.3) is 0 Å². The number of ether oxygens (including phenoxy) is 3. The van der Waals surface area contributed by atoms with Crippen LogP contribution in [0.3, 0.4) is 0 Å². The standard InChI is InChI=1S/2C6H12O2.C5H11.C4H8O2.C2H6O/c1-4-8-6(7)5(2)3;1-3-5-6(7)8-4-2;1-4-5(2)3;1-3-6-4(2)5;1-2-3/h5H,4H2,1-3H3;3-5H2,1-2H3;5H,1,4H2,2-3H3;3H2,1-2H3;3H,2H2,1H3. The van der Waals surface area contributed by atoms with Gasteiger partial charge >= 0.3 is 17.9 Å². The Balaban J connectivity index is -0.0000000899. The molecule has 0 spiro atoms. The van der Waals surface area contributed by atoms with Crippen molar-refractivity contribution in [3.63, 3.8) is 0 Å². The van der Waals surface area contributed by atoms with E-state index in [4.69, 9.17) is 5.11 Å². The normalized spacial score (nSPS) is 8.60. The zero-order valence-electron chi connectivity index (χ0n) is 21.2. The first-order valence-electron chi connectivity index (χ1n) is 10.8. The number of aliphatic hydroxyl groups is 1. The van der Waals surface area contributed by atoms with Gasteiger partial charge in [0.2, 0.25) is 0 Å². The molecule has 0 aliphatic heterocycles. The van der Waals surface area contributed by atoms with Gasteiger partial charge in [0, 0.05) is 20.0 Å². The van der Waals surface area contributed by atoms with Gasteiger partial charge in [0.05, 0.1) is 25.7 Å². The second kappa shape index (κ2) is 34.8. The number of aliphatic hydroxyl groups excluding tert-OH is 1. The van der Waals surface area contributed by atoms with Gasteiger partial charge in [-0.2, -0.15) is 0 Å². The zero-order chi connectivity index (χ0) is 25.0. The van der Waals surface area contributed by atoms with Gasteiger partial charge in [0.15, 0.2) is 0 Å². The number of carbonyl (C=O) groups is 3. The van der Waals surface area contributed by atoms with Crippen LogP contribution in [0.5, 0.6) is 0 Å². The van der Waals surface area contributed by atoms with Crippen molar-refractivity contribution >= 4 is 17.9 Å². The molecule has 0 aromatic heterocycles. The van der Waals surface area contributed by atoms with E-state index in [-0.39, 0.29) is 30.4 Å². The first-order valence-corrected chi connectivity index (χ1v) is 10.8. The second-order valence-electron chi connectivity index (χ2n) is 6.39. The highest BCUT2D eigenvalue weighted by Crippen LogP contribution is 1.94. The fourth-order valence-corrected chi connectivity index (χ4v) is 0.949. The van der Waals surface area contributed by atoms with Crippen molar-refractivity contribution < 1.29 is 33.7 Å². The molecule has 0 saturated carbocycles. The van der Waals surface area contributed by atoms with Gasteiger partial charge in [-0.1, -0.05) is 48.0 Å². The predicted molar refractivity (Wildman–Crippen MR) is 123 cm³/mol. The molecule has 0 aliphatic carbocycles. The third kappa shape index (κ3) is 63.3. The van der Waals surface area contributed by atoms with Gasteiger partial charge < -0.3 is 19.3 Å². The molecule has 7 nitrogen and oxygen atoms in total. The molecule has 0 aromatic carbocycles. The Morgan fingerprint density at radius 1 is 0.833 bits per heavy atom. The lowest BCUT2D eigenvalue weighted by Gasteiger charge is -2.01. The van der Waals surface area contributed by atoms with Gasteiger partial charge in [-0.05, 0) is 40.0 Å². The number of hydrogen-bond acceptors (Lipinski definition) is 7. The Morgan fingerprint density at radius 2 is 1.20 bits per heavy atom. The summed E-state index contributed by atoms with van der Waals surface area (Å²) in [5.41, 5.74) is 0. The molecule has 7 heteroatoms. The zero-order valence-corrected chi connectivity index (χ0v) is 21.2. The first kappa shape index (κ1) is 38.9. The van der Waals surface area contributed by atoms with Crippen molar-refractivity contribution in [1.82, 2.24) is 0 Å².